The van der Waals surface area contributed by atoms with Crippen LogP contribution in [0.25, 0.3) is 0 Å². The van der Waals surface area contributed by atoms with Gasteiger partial charge in [0.2, 0.25) is 0 Å². The van der Waals surface area contributed by atoms with Crippen LogP contribution in [-0.4, -0.2) is 5.97 Å². The van der Waals surface area contributed by atoms with Gasteiger partial charge in [-0.3, -0.25) is 0 Å². The minimum Gasteiger partial charge on any atom is -0.458 e. The molecule has 0 saturated carbocycles. The summed E-state index contributed by atoms with van der Waals surface area (Å²) in [6, 6.07) is 9.66. The summed E-state index contributed by atoms with van der Waals surface area (Å²) in [7, 11) is 0. The Labute approximate surface area is 165 Å². The molecule has 0 unspecified atom stereocenters. The number of benzene rings is 1. The molecule has 0 atom stereocenters. The summed E-state index contributed by atoms with van der Waals surface area (Å²) in [6.45, 7) is 2.56. The van der Waals surface area contributed by atoms with Crippen molar-refractivity contribution >= 4 is 5.97 Å². The Morgan fingerprint density at radius 2 is 1.44 bits per heavy atom. The predicted molar refractivity (Wildman–Crippen MR) is 115 cm³/mol. The maximum Gasteiger partial charge on any atom is 0.331 e. The summed E-state index contributed by atoms with van der Waals surface area (Å²) in [6.07, 6.45) is 25.7. The van der Waals surface area contributed by atoms with Crippen molar-refractivity contribution in [3.8, 4) is 0 Å². The number of ether oxygens (including phenoxy) is 1. The first-order chi connectivity index (χ1) is 13.3. The van der Waals surface area contributed by atoms with Crippen molar-refractivity contribution in [2.45, 2.75) is 64.9 Å². The Bertz CT molecular complexity index is 594. The summed E-state index contributed by atoms with van der Waals surface area (Å²) in [4.78, 5) is 11.6. The molecule has 27 heavy (non-hydrogen) atoms. The van der Waals surface area contributed by atoms with E-state index in [4.69, 9.17) is 4.74 Å². The molecule has 2 nitrogen and oxygen atoms in total. The molecule has 0 N–H and O–H groups in total. The van der Waals surface area contributed by atoms with Gasteiger partial charge in [0.25, 0.3) is 0 Å². The topological polar surface area (TPSA) is 26.3 Å². The molecular weight excluding hydrogens is 332 g/mol. The highest BCUT2D eigenvalue weighted by molar-refractivity contribution is 5.82. The molecule has 0 aliphatic carbocycles. The molecule has 0 amide bonds. The minimum atomic E-state index is -0.331. The van der Waals surface area contributed by atoms with E-state index in [0.29, 0.717) is 6.61 Å². The average Bonchev–Trinajstić information content (AvgIpc) is 2.70. The number of unbranched alkanes of at least 4 members (excludes halogenated alkanes) is 7. The lowest BCUT2D eigenvalue weighted by molar-refractivity contribution is -0.139. The highest BCUT2D eigenvalue weighted by atomic mass is 16.5. The van der Waals surface area contributed by atoms with Gasteiger partial charge in [0.15, 0.2) is 0 Å². The molecule has 0 heterocycles. The zero-order valence-electron chi connectivity index (χ0n) is 16.7. The van der Waals surface area contributed by atoms with Crippen LogP contribution in [0.1, 0.15) is 63.9 Å². The van der Waals surface area contributed by atoms with Crippen molar-refractivity contribution in [3.63, 3.8) is 0 Å². The Balaban J connectivity index is 2.03. The largest absolute Gasteiger partial charge is 0.458 e. The zero-order valence-corrected chi connectivity index (χ0v) is 16.7. The molecule has 0 spiro atoms. The predicted octanol–water partition coefficient (Wildman–Crippen LogP) is 7.10. The molecule has 2 heteroatoms. The number of hydrogen-bond acceptors (Lipinski definition) is 2. The number of esters is 1. The molecule has 0 saturated heterocycles. The van der Waals surface area contributed by atoms with Crippen molar-refractivity contribution in [3.05, 3.63) is 84.5 Å². The lowest BCUT2D eigenvalue weighted by Crippen LogP contribution is -2.00. The van der Waals surface area contributed by atoms with E-state index in [1.54, 1.807) is 6.08 Å². The summed E-state index contributed by atoms with van der Waals surface area (Å²) in [5.41, 5.74) is 0.987. The van der Waals surface area contributed by atoms with Gasteiger partial charge in [-0.05, 0) is 18.4 Å². The van der Waals surface area contributed by atoms with Crippen LogP contribution in [0.15, 0.2) is 78.9 Å². The first kappa shape index (κ1) is 22.7. The van der Waals surface area contributed by atoms with Crippen molar-refractivity contribution in [1.29, 1.82) is 0 Å². The summed E-state index contributed by atoms with van der Waals surface area (Å²) < 4.78 is 5.16. The number of hydrogen-bond donors (Lipinski definition) is 0. The van der Waals surface area contributed by atoms with E-state index in [9.17, 15) is 4.79 Å². The Kier molecular flexibility index (Phi) is 14.4. The third-order valence-corrected chi connectivity index (χ3v) is 4.12. The number of rotatable bonds is 14. The second-order valence-electron chi connectivity index (χ2n) is 6.56. The van der Waals surface area contributed by atoms with Gasteiger partial charge in [0.1, 0.15) is 6.61 Å². The fraction of sp³-hybridized carbons (Fsp3) is 0.400. The molecule has 0 aliphatic heterocycles. The SMILES string of the molecule is CCCCCCCCCC=CC=CC=CC=CC(=O)OCc1ccccc1. The Morgan fingerprint density at radius 1 is 0.815 bits per heavy atom. The monoisotopic (exact) mass is 366 g/mol. The summed E-state index contributed by atoms with van der Waals surface area (Å²) in [5, 5.41) is 0. The molecular formula is C25H34O2. The quantitative estimate of drug-likeness (QED) is 0.152. The third kappa shape index (κ3) is 14.5. The number of carbonyl (C=O) groups is 1. The fourth-order valence-electron chi connectivity index (χ4n) is 2.56. The third-order valence-electron chi connectivity index (χ3n) is 4.12. The highest BCUT2D eigenvalue weighted by Gasteiger charge is 1.96. The molecule has 0 aromatic heterocycles. The first-order valence-electron chi connectivity index (χ1n) is 10.2. The van der Waals surface area contributed by atoms with Gasteiger partial charge in [-0.15, -0.1) is 0 Å². The van der Waals surface area contributed by atoms with E-state index < -0.39 is 0 Å². The van der Waals surface area contributed by atoms with Gasteiger partial charge in [-0.25, -0.2) is 4.79 Å². The van der Waals surface area contributed by atoms with Crippen LogP contribution < -0.4 is 0 Å². The summed E-state index contributed by atoms with van der Waals surface area (Å²) >= 11 is 0. The lowest BCUT2D eigenvalue weighted by atomic mass is 10.1. The van der Waals surface area contributed by atoms with Crippen molar-refractivity contribution in [2.24, 2.45) is 0 Å². The molecule has 0 fully saturated rings. The summed E-state index contributed by atoms with van der Waals surface area (Å²) in [5.74, 6) is -0.331. The average molecular weight is 367 g/mol. The molecule has 0 radical (unpaired) electrons. The van der Waals surface area contributed by atoms with Crippen molar-refractivity contribution in [2.75, 3.05) is 0 Å². The van der Waals surface area contributed by atoms with Gasteiger partial charge < -0.3 is 4.74 Å². The van der Waals surface area contributed by atoms with Gasteiger partial charge in [0.05, 0.1) is 0 Å². The van der Waals surface area contributed by atoms with E-state index >= 15 is 0 Å². The van der Waals surface area contributed by atoms with Gasteiger partial charge in [-0.2, -0.15) is 0 Å². The van der Waals surface area contributed by atoms with Crippen LogP contribution in [0.4, 0.5) is 0 Å². The maximum absolute atomic E-state index is 11.6. The molecule has 0 bridgehead atoms. The van der Waals surface area contributed by atoms with Crippen molar-refractivity contribution < 1.29 is 9.53 Å². The maximum atomic E-state index is 11.6. The van der Waals surface area contributed by atoms with Crippen LogP contribution in [0, 0.1) is 0 Å². The van der Waals surface area contributed by atoms with Crippen LogP contribution in [0.3, 0.4) is 0 Å². The fourth-order valence-corrected chi connectivity index (χ4v) is 2.56. The first-order valence-corrected chi connectivity index (χ1v) is 10.2. The lowest BCUT2D eigenvalue weighted by Gasteiger charge is -2.00. The molecule has 1 aromatic carbocycles. The Morgan fingerprint density at radius 3 is 2.19 bits per heavy atom. The van der Waals surface area contributed by atoms with Crippen molar-refractivity contribution in [1.82, 2.24) is 0 Å². The van der Waals surface area contributed by atoms with Gasteiger partial charge in [0, 0.05) is 6.08 Å². The number of allylic oxidation sites excluding steroid dienone is 7. The van der Waals surface area contributed by atoms with Crippen LogP contribution in [0.2, 0.25) is 0 Å². The van der Waals surface area contributed by atoms with Gasteiger partial charge in [-0.1, -0.05) is 118 Å². The second kappa shape index (κ2) is 17.1. The smallest absolute Gasteiger partial charge is 0.331 e. The molecule has 1 aromatic rings. The second-order valence-corrected chi connectivity index (χ2v) is 6.56. The van der Waals surface area contributed by atoms with Crippen LogP contribution in [0.5, 0.6) is 0 Å². The Hall–Kier alpha value is -2.35. The highest BCUT2D eigenvalue weighted by Crippen LogP contribution is 2.08. The molecule has 146 valence electrons. The van der Waals surface area contributed by atoms with Gasteiger partial charge >= 0.3 is 5.97 Å². The van der Waals surface area contributed by atoms with E-state index in [-0.39, 0.29) is 5.97 Å². The van der Waals surface area contributed by atoms with E-state index in [0.717, 1.165) is 12.0 Å². The normalized spacial score (nSPS) is 12.0. The van der Waals surface area contributed by atoms with Crippen LogP contribution in [-0.2, 0) is 16.1 Å². The van der Waals surface area contributed by atoms with E-state index in [1.807, 2.05) is 54.6 Å². The molecule has 1 rings (SSSR count). The number of carbonyl (C=O) groups excluding carboxylic acids is 1. The van der Waals surface area contributed by atoms with E-state index in [2.05, 4.69) is 19.1 Å². The minimum absolute atomic E-state index is 0.303. The standard InChI is InChI=1S/C25H34O2/c1-2-3-4-5-6-7-8-9-10-11-12-13-14-15-19-22-25(26)27-23-24-20-17-16-18-21-24/h10-22H,2-9,23H2,1H3. The van der Waals surface area contributed by atoms with E-state index in [1.165, 1.54) is 51.0 Å². The zero-order chi connectivity index (χ0) is 19.4. The molecule has 0 aliphatic rings. The van der Waals surface area contributed by atoms with Crippen LogP contribution >= 0.6 is 0 Å².